The van der Waals surface area contributed by atoms with Crippen molar-refractivity contribution < 1.29 is 19.0 Å². The van der Waals surface area contributed by atoms with E-state index in [-0.39, 0.29) is 6.03 Å². The summed E-state index contributed by atoms with van der Waals surface area (Å²) in [6.45, 7) is 3.01. The molecule has 3 rings (SSSR count). The Bertz CT molecular complexity index is 943. The lowest BCUT2D eigenvalue weighted by Crippen LogP contribution is -2.30. The molecule has 0 atom stereocenters. The van der Waals surface area contributed by atoms with Crippen LogP contribution < -0.4 is 24.8 Å². The van der Waals surface area contributed by atoms with Crippen molar-refractivity contribution in [3.63, 3.8) is 0 Å². The Morgan fingerprint density at radius 1 is 0.900 bits per heavy atom. The molecule has 2 N–H and O–H groups in total. The number of urea groups is 1. The minimum Gasteiger partial charge on any atom is -0.493 e. The first-order valence-corrected chi connectivity index (χ1v) is 9.85. The van der Waals surface area contributed by atoms with Crippen LogP contribution >= 0.6 is 0 Å². The monoisotopic (exact) mass is 406 g/mol. The van der Waals surface area contributed by atoms with Gasteiger partial charge in [-0.1, -0.05) is 24.3 Å². The SMILES string of the molecule is CCOc1ccc(CCNC(=O)Nc2ccc(Oc3ccccc3)cc2)cc1OC. The Morgan fingerprint density at radius 2 is 1.63 bits per heavy atom. The van der Waals surface area contributed by atoms with Gasteiger partial charge in [-0.2, -0.15) is 0 Å². The fourth-order valence-electron chi connectivity index (χ4n) is 2.87. The van der Waals surface area contributed by atoms with Crippen LogP contribution in [0.1, 0.15) is 12.5 Å². The molecular weight excluding hydrogens is 380 g/mol. The van der Waals surface area contributed by atoms with Crippen LogP contribution in [-0.2, 0) is 6.42 Å². The van der Waals surface area contributed by atoms with Crippen molar-refractivity contribution in [1.82, 2.24) is 5.32 Å². The fourth-order valence-corrected chi connectivity index (χ4v) is 2.87. The van der Waals surface area contributed by atoms with Gasteiger partial charge >= 0.3 is 6.03 Å². The summed E-state index contributed by atoms with van der Waals surface area (Å²) < 4.78 is 16.6. The van der Waals surface area contributed by atoms with Gasteiger partial charge in [-0.25, -0.2) is 4.79 Å². The van der Waals surface area contributed by atoms with Crippen LogP contribution in [0.15, 0.2) is 72.8 Å². The van der Waals surface area contributed by atoms with Gasteiger partial charge < -0.3 is 24.8 Å². The summed E-state index contributed by atoms with van der Waals surface area (Å²) >= 11 is 0. The van der Waals surface area contributed by atoms with Crippen LogP contribution in [-0.4, -0.2) is 26.3 Å². The number of carbonyl (C=O) groups excluding carboxylic acids is 1. The van der Waals surface area contributed by atoms with Crippen LogP contribution in [0, 0.1) is 0 Å². The van der Waals surface area contributed by atoms with Gasteiger partial charge in [0.15, 0.2) is 11.5 Å². The maximum Gasteiger partial charge on any atom is 0.319 e. The van der Waals surface area contributed by atoms with Gasteiger partial charge in [0.05, 0.1) is 13.7 Å². The summed E-state index contributed by atoms with van der Waals surface area (Å²) in [6, 6.07) is 22.3. The van der Waals surface area contributed by atoms with Crippen molar-refractivity contribution >= 4 is 11.7 Å². The third-order valence-electron chi connectivity index (χ3n) is 4.32. The number of methoxy groups -OCH3 is 1. The predicted octanol–water partition coefficient (Wildman–Crippen LogP) is 5.25. The van der Waals surface area contributed by atoms with Crippen molar-refractivity contribution in [3.05, 3.63) is 78.4 Å². The number of ether oxygens (including phenoxy) is 3. The van der Waals surface area contributed by atoms with E-state index in [2.05, 4.69) is 10.6 Å². The summed E-state index contributed by atoms with van der Waals surface area (Å²) in [5, 5.41) is 5.68. The van der Waals surface area contributed by atoms with Gasteiger partial charge in [0.2, 0.25) is 0 Å². The lowest BCUT2D eigenvalue weighted by molar-refractivity contribution is 0.252. The second kappa shape index (κ2) is 10.8. The summed E-state index contributed by atoms with van der Waals surface area (Å²) in [5.41, 5.74) is 1.74. The first-order chi connectivity index (χ1) is 14.7. The number of hydrogen-bond acceptors (Lipinski definition) is 4. The largest absolute Gasteiger partial charge is 0.493 e. The third kappa shape index (κ3) is 6.17. The molecule has 0 aliphatic heterocycles. The lowest BCUT2D eigenvalue weighted by Gasteiger charge is -2.12. The Kier molecular flexibility index (Phi) is 7.55. The molecule has 156 valence electrons. The van der Waals surface area contributed by atoms with E-state index in [0.717, 1.165) is 11.3 Å². The van der Waals surface area contributed by atoms with Gasteiger partial charge in [-0.05, 0) is 67.4 Å². The molecule has 0 saturated heterocycles. The first kappa shape index (κ1) is 21.0. The highest BCUT2D eigenvalue weighted by molar-refractivity contribution is 5.89. The highest BCUT2D eigenvalue weighted by Crippen LogP contribution is 2.28. The average molecular weight is 406 g/mol. The summed E-state index contributed by atoms with van der Waals surface area (Å²) in [6.07, 6.45) is 0.681. The van der Waals surface area contributed by atoms with Gasteiger partial charge in [-0.15, -0.1) is 0 Å². The molecule has 30 heavy (non-hydrogen) atoms. The number of anilines is 1. The van der Waals surface area contributed by atoms with E-state index in [1.807, 2.05) is 67.6 Å². The smallest absolute Gasteiger partial charge is 0.319 e. The summed E-state index contributed by atoms with van der Waals surface area (Å²) in [7, 11) is 1.61. The summed E-state index contributed by atoms with van der Waals surface area (Å²) in [4.78, 5) is 12.1. The van der Waals surface area contributed by atoms with Crippen LogP contribution in [0.25, 0.3) is 0 Å². The minimum absolute atomic E-state index is 0.260. The molecule has 6 heteroatoms. The number of carbonyl (C=O) groups is 1. The molecule has 0 spiro atoms. The Balaban J connectivity index is 1.45. The summed E-state index contributed by atoms with van der Waals surface area (Å²) in [5.74, 6) is 2.88. The van der Waals surface area contributed by atoms with E-state index in [1.165, 1.54) is 0 Å². The lowest BCUT2D eigenvalue weighted by atomic mass is 10.1. The molecule has 3 aromatic rings. The van der Waals surface area contributed by atoms with E-state index in [9.17, 15) is 4.79 Å². The molecular formula is C24H26N2O4. The molecule has 2 amide bonds. The van der Waals surface area contributed by atoms with Crippen molar-refractivity contribution in [2.75, 3.05) is 25.6 Å². The minimum atomic E-state index is -0.260. The van der Waals surface area contributed by atoms with Crippen LogP contribution in [0.2, 0.25) is 0 Å². The molecule has 0 aromatic heterocycles. The first-order valence-electron chi connectivity index (χ1n) is 9.85. The maximum atomic E-state index is 12.1. The number of nitrogens with one attached hydrogen (secondary N) is 2. The zero-order valence-electron chi connectivity index (χ0n) is 17.2. The zero-order chi connectivity index (χ0) is 21.2. The highest BCUT2D eigenvalue weighted by atomic mass is 16.5. The van der Waals surface area contributed by atoms with E-state index in [1.54, 1.807) is 19.2 Å². The van der Waals surface area contributed by atoms with E-state index >= 15 is 0 Å². The Hall–Kier alpha value is -3.67. The second-order valence-corrected chi connectivity index (χ2v) is 6.49. The van der Waals surface area contributed by atoms with Crippen LogP contribution in [0.4, 0.5) is 10.5 Å². The fraction of sp³-hybridized carbons (Fsp3) is 0.208. The van der Waals surface area contributed by atoms with E-state index in [0.29, 0.717) is 42.5 Å². The van der Waals surface area contributed by atoms with E-state index in [4.69, 9.17) is 14.2 Å². The Morgan fingerprint density at radius 3 is 2.33 bits per heavy atom. The number of rotatable bonds is 9. The van der Waals surface area contributed by atoms with Gasteiger partial charge in [-0.3, -0.25) is 0 Å². The molecule has 6 nitrogen and oxygen atoms in total. The number of amides is 2. The topological polar surface area (TPSA) is 68.8 Å². The van der Waals surface area contributed by atoms with E-state index < -0.39 is 0 Å². The highest BCUT2D eigenvalue weighted by Gasteiger charge is 2.07. The van der Waals surface area contributed by atoms with Gasteiger partial charge in [0.1, 0.15) is 11.5 Å². The second-order valence-electron chi connectivity index (χ2n) is 6.49. The molecule has 0 aliphatic rings. The normalized spacial score (nSPS) is 10.2. The quantitative estimate of drug-likeness (QED) is 0.509. The van der Waals surface area contributed by atoms with Crippen molar-refractivity contribution in [2.24, 2.45) is 0 Å². The molecule has 0 fully saturated rings. The molecule has 0 radical (unpaired) electrons. The standard InChI is InChI=1S/C24H26N2O4/c1-3-29-22-14-9-18(17-23(22)28-2)15-16-25-24(27)26-19-10-12-21(13-11-19)30-20-7-5-4-6-8-20/h4-14,17H,3,15-16H2,1-2H3,(H2,25,26,27). The molecule has 0 heterocycles. The molecule has 0 bridgehead atoms. The number of hydrogen-bond donors (Lipinski definition) is 2. The van der Waals surface area contributed by atoms with Crippen molar-refractivity contribution in [2.45, 2.75) is 13.3 Å². The third-order valence-corrected chi connectivity index (χ3v) is 4.32. The maximum absolute atomic E-state index is 12.1. The van der Waals surface area contributed by atoms with Crippen molar-refractivity contribution in [3.8, 4) is 23.0 Å². The van der Waals surface area contributed by atoms with Crippen LogP contribution in [0.5, 0.6) is 23.0 Å². The molecule has 0 aliphatic carbocycles. The number of para-hydroxylation sites is 1. The van der Waals surface area contributed by atoms with Gasteiger partial charge in [0, 0.05) is 12.2 Å². The number of benzene rings is 3. The van der Waals surface area contributed by atoms with Gasteiger partial charge in [0.25, 0.3) is 0 Å². The van der Waals surface area contributed by atoms with Crippen LogP contribution in [0.3, 0.4) is 0 Å². The predicted molar refractivity (Wildman–Crippen MR) is 118 cm³/mol. The van der Waals surface area contributed by atoms with Crippen molar-refractivity contribution in [1.29, 1.82) is 0 Å². The average Bonchev–Trinajstić information content (AvgIpc) is 2.77. The molecule has 0 unspecified atom stereocenters. The molecule has 3 aromatic carbocycles. The zero-order valence-corrected chi connectivity index (χ0v) is 17.2. The Labute approximate surface area is 176 Å². The molecule has 0 saturated carbocycles.